The lowest BCUT2D eigenvalue weighted by atomic mass is 10.2. The van der Waals surface area contributed by atoms with Crippen LogP contribution in [0.2, 0.25) is 0 Å². The van der Waals surface area contributed by atoms with Crippen molar-refractivity contribution in [2.45, 2.75) is 20.8 Å². The van der Waals surface area contributed by atoms with Crippen molar-refractivity contribution in [1.29, 1.82) is 0 Å². The highest BCUT2D eigenvalue weighted by atomic mass is 16.5. The van der Waals surface area contributed by atoms with Gasteiger partial charge in [0.25, 0.3) is 0 Å². The number of ether oxygens (including phenoxy) is 1. The second-order valence-corrected chi connectivity index (χ2v) is 4.69. The molecule has 0 aliphatic carbocycles. The van der Waals surface area contributed by atoms with Gasteiger partial charge < -0.3 is 14.2 Å². The highest BCUT2D eigenvalue weighted by molar-refractivity contribution is 5.63. The zero-order chi connectivity index (χ0) is 15.9. The fourth-order valence-corrected chi connectivity index (χ4v) is 2.13. The SMILES string of the molecule is CC.Cc1ccc2nc(-c3ccc(OCCO)cc3)cn2c1. The third-order valence-electron chi connectivity index (χ3n) is 3.11. The first-order chi connectivity index (χ1) is 10.8. The zero-order valence-corrected chi connectivity index (χ0v) is 13.3. The van der Waals surface area contributed by atoms with E-state index in [1.807, 2.05) is 54.8 Å². The van der Waals surface area contributed by atoms with Gasteiger partial charge in [-0.15, -0.1) is 0 Å². The molecule has 0 aliphatic heterocycles. The molecule has 4 heteroatoms. The van der Waals surface area contributed by atoms with Crippen molar-refractivity contribution < 1.29 is 9.84 Å². The Bertz CT molecular complexity index is 718. The number of fused-ring (bicyclic) bond motifs is 1. The van der Waals surface area contributed by atoms with Crippen LogP contribution in [0.4, 0.5) is 0 Å². The monoisotopic (exact) mass is 298 g/mol. The van der Waals surface area contributed by atoms with Crippen LogP contribution in [0.3, 0.4) is 0 Å². The summed E-state index contributed by atoms with van der Waals surface area (Å²) in [5, 5.41) is 8.73. The van der Waals surface area contributed by atoms with Crippen molar-refractivity contribution in [3.05, 3.63) is 54.4 Å². The van der Waals surface area contributed by atoms with Crippen LogP contribution in [0.1, 0.15) is 19.4 Å². The van der Waals surface area contributed by atoms with E-state index >= 15 is 0 Å². The fourth-order valence-electron chi connectivity index (χ4n) is 2.13. The number of aromatic nitrogens is 2. The predicted molar refractivity (Wildman–Crippen MR) is 89.3 cm³/mol. The van der Waals surface area contributed by atoms with Gasteiger partial charge in [0.1, 0.15) is 18.0 Å². The van der Waals surface area contributed by atoms with Crippen molar-refractivity contribution in [2.24, 2.45) is 0 Å². The van der Waals surface area contributed by atoms with Gasteiger partial charge in [0.15, 0.2) is 0 Å². The van der Waals surface area contributed by atoms with Crippen molar-refractivity contribution in [1.82, 2.24) is 9.38 Å². The normalized spacial score (nSPS) is 10.2. The summed E-state index contributed by atoms with van der Waals surface area (Å²) in [6.45, 7) is 6.40. The highest BCUT2D eigenvalue weighted by Gasteiger charge is 2.04. The van der Waals surface area contributed by atoms with Gasteiger partial charge in [-0.1, -0.05) is 19.9 Å². The molecular formula is C18H22N2O2. The molecule has 2 heterocycles. The highest BCUT2D eigenvalue weighted by Crippen LogP contribution is 2.22. The number of aliphatic hydroxyl groups is 1. The number of aliphatic hydroxyl groups excluding tert-OH is 1. The minimum absolute atomic E-state index is 0.0214. The molecule has 1 aromatic carbocycles. The minimum atomic E-state index is 0.0214. The average molecular weight is 298 g/mol. The largest absolute Gasteiger partial charge is 0.491 e. The van der Waals surface area contributed by atoms with Crippen molar-refractivity contribution in [2.75, 3.05) is 13.2 Å². The minimum Gasteiger partial charge on any atom is -0.491 e. The second kappa shape index (κ2) is 7.61. The van der Waals surface area contributed by atoms with Crippen LogP contribution >= 0.6 is 0 Å². The zero-order valence-electron chi connectivity index (χ0n) is 13.3. The lowest BCUT2D eigenvalue weighted by Gasteiger charge is -2.04. The number of hydrogen-bond acceptors (Lipinski definition) is 3. The average Bonchev–Trinajstić information content (AvgIpc) is 2.98. The smallest absolute Gasteiger partial charge is 0.137 e. The number of pyridine rings is 1. The van der Waals surface area contributed by atoms with Crippen LogP contribution in [0.5, 0.6) is 5.75 Å². The molecule has 0 saturated heterocycles. The van der Waals surface area contributed by atoms with E-state index in [9.17, 15) is 0 Å². The van der Waals surface area contributed by atoms with Crippen LogP contribution in [0.15, 0.2) is 48.8 Å². The number of hydrogen-bond donors (Lipinski definition) is 1. The van der Waals surface area contributed by atoms with E-state index in [2.05, 4.69) is 24.2 Å². The van der Waals surface area contributed by atoms with Gasteiger partial charge >= 0.3 is 0 Å². The van der Waals surface area contributed by atoms with Gasteiger partial charge in [-0.05, 0) is 42.8 Å². The summed E-state index contributed by atoms with van der Waals surface area (Å²) in [5.74, 6) is 0.752. The molecule has 116 valence electrons. The van der Waals surface area contributed by atoms with E-state index in [1.165, 1.54) is 5.56 Å². The van der Waals surface area contributed by atoms with E-state index < -0.39 is 0 Å². The molecule has 4 nitrogen and oxygen atoms in total. The van der Waals surface area contributed by atoms with Crippen molar-refractivity contribution in [3.63, 3.8) is 0 Å². The molecule has 0 spiro atoms. The molecule has 0 radical (unpaired) electrons. The first kappa shape index (κ1) is 16.0. The topological polar surface area (TPSA) is 46.8 Å². The van der Waals surface area contributed by atoms with Crippen LogP contribution in [-0.4, -0.2) is 27.7 Å². The number of aryl methyl sites for hydroxylation is 1. The maximum Gasteiger partial charge on any atom is 0.137 e. The Hall–Kier alpha value is -2.33. The summed E-state index contributed by atoms with van der Waals surface area (Å²) in [5.41, 5.74) is 4.12. The summed E-state index contributed by atoms with van der Waals surface area (Å²) in [6.07, 6.45) is 4.08. The van der Waals surface area contributed by atoms with Gasteiger partial charge in [0, 0.05) is 18.0 Å². The van der Waals surface area contributed by atoms with E-state index in [-0.39, 0.29) is 6.61 Å². The van der Waals surface area contributed by atoms with Gasteiger partial charge in [-0.3, -0.25) is 0 Å². The molecule has 22 heavy (non-hydrogen) atoms. The van der Waals surface area contributed by atoms with Crippen molar-refractivity contribution in [3.8, 4) is 17.0 Å². The Morgan fingerprint density at radius 2 is 1.77 bits per heavy atom. The summed E-state index contributed by atoms with van der Waals surface area (Å²) in [4.78, 5) is 4.60. The lowest BCUT2D eigenvalue weighted by molar-refractivity contribution is 0.201. The fraction of sp³-hybridized carbons (Fsp3) is 0.278. The van der Waals surface area contributed by atoms with Gasteiger partial charge in [-0.25, -0.2) is 4.98 Å². The molecule has 0 amide bonds. The number of nitrogens with zero attached hydrogens (tertiary/aromatic N) is 2. The molecule has 1 N–H and O–H groups in total. The quantitative estimate of drug-likeness (QED) is 0.798. The molecule has 0 fully saturated rings. The first-order valence-electron chi connectivity index (χ1n) is 7.56. The Morgan fingerprint density at radius 3 is 2.45 bits per heavy atom. The van der Waals surface area contributed by atoms with Crippen molar-refractivity contribution >= 4 is 5.65 Å². The Morgan fingerprint density at radius 1 is 1.05 bits per heavy atom. The third-order valence-corrected chi connectivity index (χ3v) is 3.11. The summed E-state index contributed by atoms with van der Waals surface area (Å²) >= 11 is 0. The summed E-state index contributed by atoms with van der Waals surface area (Å²) in [6, 6.07) is 11.8. The molecular weight excluding hydrogens is 276 g/mol. The maximum atomic E-state index is 8.73. The Kier molecular flexibility index (Phi) is 5.55. The predicted octanol–water partition coefficient (Wildman–Crippen LogP) is 3.71. The lowest BCUT2D eigenvalue weighted by Crippen LogP contribution is -2.01. The third kappa shape index (κ3) is 3.65. The van der Waals surface area contributed by atoms with Gasteiger partial charge in [-0.2, -0.15) is 0 Å². The molecule has 0 unspecified atom stereocenters. The number of benzene rings is 1. The summed E-state index contributed by atoms with van der Waals surface area (Å²) in [7, 11) is 0. The van der Waals surface area contributed by atoms with E-state index in [4.69, 9.17) is 9.84 Å². The van der Waals surface area contributed by atoms with Crippen LogP contribution < -0.4 is 4.74 Å². The summed E-state index contributed by atoms with van der Waals surface area (Å²) < 4.78 is 7.37. The molecule has 3 aromatic rings. The number of rotatable bonds is 4. The Balaban J connectivity index is 0.000000847. The van der Waals surface area contributed by atoms with E-state index in [1.54, 1.807) is 0 Å². The number of imidazole rings is 1. The molecule has 0 atom stereocenters. The van der Waals surface area contributed by atoms with Gasteiger partial charge in [0.2, 0.25) is 0 Å². The van der Waals surface area contributed by atoms with E-state index in [0.29, 0.717) is 6.61 Å². The molecule has 0 saturated carbocycles. The van der Waals surface area contributed by atoms with E-state index in [0.717, 1.165) is 22.7 Å². The Labute approximate surface area is 131 Å². The molecule has 0 bridgehead atoms. The standard InChI is InChI=1S/C16H16N2O2.C2H6/c1-12-2-7-16-17-15(11-18(16)10-12)13-3-5-14(6-4-13)20-9-8-19;1-2/h2-7,10-11,19H,8-9H2,1H3;1-2H3. The molecule has 0 aliphatic rings. The van der Waals surface area contributed by atoms with Crippen LogP contribution in [0, 0.1) is 6.92 Å². The second-order valence-electron chi connectivity index (χ2n) is 4.69. The molecule has 3 rings (SSSR count). The van der Waals surface area contributed by atoms with Crippen LogP contribution in [0.25, 0.3) is 16.9 Å². The van der Waals surface area contributed by atoms with Crippen LogP contribution in [-0.2, 0) is 0 Å². The maximum absolute atomic E-state index is 8.73. The first-order valence-corrected chi connectivity index (χ1v) is 7.56. The molecule has 2 aromatic heterocycles. The van der Waals surface area contributed by atoms with Gasteiger partial charge in [0.05, 0.1) is 12.3 Å².